The van der Waals surface area contributed by atoms with Gasteiger partial charge in [0.2, 0.25) is 0 Å². The Labute approximate surface area is 129 Å². The molecule has 116 valence electrons. The van der Waals surface area contributed by atoms with Crippen LogP contribution >= 0.6 is 0 Å². The molecule has 2 unspecified atom stereocenters. The van der Waals surface area contributed by atoms with Gasteiger partial charge in [0.05, 0.1) is 0 Å². The van der Waals surface area contributed by atoms with E-state index in [2.05, 4.69) is 49.3 Å². The first kappa shape index (κ1) is 14.9. The van der Waals surface area contributed by atoms with E-state index < -0.39 is 0 Å². The first-order valence-electron chi connectivity index (χ1n) is 8.71. The summed E-state index contributed by atoms with van der Waals surface area (Å²) in [6, 6.07) is 8.51. The van der Waals surface area contributed by atoms with Gasteiger partial charge in [-0.1, -0.05) is 31.9 Å². The highest BCUT2D eigenvalue weighted by Crippen LogP contribution is 2.32. The lowest BCUT2D eigenvalue weighted by Gasteiger charge is -2.38. The van der Waals surface area contributed by atoms with Crippen LogP contribution in [0.3, 0.4) is 0 Å². The minimum Gasteiger partial charge on any atom is -0.371 e. The Morgan fingerprint density at radius 2 is 1.90 bits per heavy atom. The maximum atomic E-state index is 3.61. The maximum absolute atomic E-state index is 3.61. The lowest BCUT2D eigenvalue weighted by atomic mass is 9.84. The van der Waals surface area contributed by atoms with E-state index in [9.17, 15) is 0 Å². The lowest BCUT2D eigenvalue weighted by molar-refractivity contribution is 0.321. The molecule has 2 aliphatic carbocycles. The lowest BCUT2D eigenvalue weighted by Crippen LogP contribution is -2.39. The average molecular weight is 286 g/mol. The fourth-order valence-electron chi connectivity index (χ4n) is 3.82. The second kappa shape index (κ2) is 6.39. The number of hydrogen-bond acceptors (Lipinski definition) is 2. The minimum atomic E-state index is 0.716. The molecule has 0 aromatic heterocycles. The van der Waals surface area contributed by atoms with Crippen LogP contribution in [0, 0.1) is 12.8 Å². The van der Waals surface area contributed by atoms with Crippen molar-refractivity contribution < 1.29 is 0 Å². The highest BCUT2D eigenvalue weighted by atomic mass is 15.1. The van der Waals surface area contributed by atoms with Crippen molar-refractivity contribution in [2.24, 2.45) is 5.92 Å². The predicted octanol–water partition coefficient (Wildman–Crippen LogP) is 4.26. The van der Waals surface area contributed by atoms with E-state index in [0.717, 1.165) is 18.5 Å². The third kappa shape index (κ3) is 3.60. The van der Waals surface area contributed by atoms with E-state index in [4.69, 9.17) is 0 Å². The van der Waals surface area contributed by atoms with Crippen LogP contribution in [-0.2, 0) is 6.54 Å². The average Bonchev–Trinajstić information content (AvgIpc) is 3.29. The van der Waals surface area contributed by atoms with Gasteiger partial charge in [0, 0.05) is 31.4 Å². The number of nitrogens with zero attached hydrogens (tertiary/aromatic N) is 1. The molecule has 1 aromatic carbocycles. The molecule has 0 aliphatic heterocycles. The zero-order chi connectivity index (χ0) is 14.8. The third-order valence-electron chi connectivity index (χ3n) is 5.38. The van der Waals surface area contributed by atoms with Gasteiger partial charge in [-0.25, -0.2) is 0 Å². The van der Waals surface area contributed by atoms with Gasteiger partial charge in [0.15, 0.2) is 0 Å². The maximum Gasteiger partial charge on any atom is 0.0396 e. The zero-order valence-corrected chi connectivity index (χ0v) is 13.9. The van der Waals surface area contributed by atoms with E-state index >= 15 is 0 Å². The second-order valence-corrected chi connectivity index (χ2v) is 7.22. The highest BCUT2D eigenvalue weighted by molar-refractivity contribution is 5.54. The molecule has 1 aromatic rings. The van der Waals surface area contributed by atoms with Crippen LogP contribution in [0.2, 0.25) is 0 Å². The summed E-state index contributed by atoms with van der Waals surface area (Å²) < 4.78 is 0. The summed E-state index contributed by atoms with van der Waals surface area (Å²) in [4.78, 5) is 2.54. The molecule has 0 bridgehead atoms. The van der Waals surface area contributed by atoms with Gasteiger partial charge in [0.25, 0.3) is 0 Å². The predicted molar refractivity (Wildman–Crippen MR) is 90.9 cm³/mol. The van der Waals surface area contributed by atoms with Crippen LogP contribution in [0.25, 0.3) is 0 Å². The van der Waals surface area contributed by atoms with E-state index in [1.807, 2.05) is 0 Å². The van der Waals surface area contributed by atoms with Crippen molar-refractivity contribution in [2.75, 3.05) is 11.9 Å². The van der Waals surface area contributed by atoms with Crippen molar-refractivity contribution in [3.8, 4) is 0 Å². The van der Waals surface area contributed by atoms with Crippen molar-refractivity contribution in [3.63, 3.8) is 0 Å². The van der Waals surface area contributed by atoms with Gasteiger partial charge in [-0.3, -0.25) is 0 Å². The molecule has 0 heterocycles. The summed E-state index contributed by atoms with van der Waals surface area (Å²) >= 11 is 0. The van der Waals surface area contributed by atoms with Crippen molar-refractivity contribution in [1.29, 1.82) is 0 Å². The molecule has 2 aliphatic rings. The number of hydrogen-bond donors (Lipinski definition) is 1. The summed E-state index contributed by atoms with van der Waals surface area (Å²) in [6.07, 6.45) is 8.26. The topological polar surface area (TPSA) is 15.3 Å². The van der Waals surface area contributed by atoms with Crippen LogP contribution in [-0.4, -0.2) is 19.1 Å². The van der Waals surface area contributed by atoms with Gasteiger partial charge in [-0.2, -0.15) is 0 Å². The van der Waals surface area contributed by atoms with Gasteiger partial charge < -0.3 is 10.2 Å². The number of nitrogens with one attached hydrogen (secondary N) is 1. The number of benzene rings is 1. The molecule has 2 fully saturated rings. The van der Waals surface area contributed by atoms with Crippen molar-refractivity contribution in [2.45, 2.75) is 71.0 Å². The van der Waals surface area contributed by atoms with E-state index in [0.29, 0.717) is 6.04 Å². The third-order valence-corrected chi connectivity index (χ3v) is 5.38. The SMILES string of the molecule is Cc1cc(CNC2CC2)ccc1N(C)C1CCCCC1C. The van der Waals surface area contributed by atoms with Crippen LogP contribution in [0.4, 0.5) is 5.69 Å². The number of anilines is 1. The van der Waals surface area contributed by atoms with Gasteiger partial charge in [0.1, 0.15) is 0 Å². The highest BCUT2D eigenvalue weighted by Gasteiger charge is 2.26. The largest absolute Gasteiger partial charge is 0.371 e. The molecule has 0 spiro atoms. The Kier molecular flexibility index (Phi) is 4.54. The van der Waals surface area contributed by atoms with Crippen LogP contribution in [0.1, 0.15) is 56.6 Å². The molecule has 2 nitrogen and oxygen atoms in total. The molecule has 2 atom stereocenters. The molecule has 3 rings (SSSR count). The molecule has 0 saturated heterocycles. The Balaban J connectivity index is 1.68. The summed E-state index contributed by atoms with van der Waals surface area (Å²) in [6.45, 7) is 5.71. The smallest absolute Gasteiger partial charge is 0.0396 e. The van der Waals surface area contributed by atoms with Gasteiger partial charge in [-0.15, -0.1) is 0 Å². The molecule has 1 N–H and O–H groups in total. The summed E-state index contributed by atoms with van der Waals surface area (Å²) in [7, 11) is 2.29. The number of aryl methyl sites for hydroxylation is 1. The summed E-state index contributed by atoms with van der Waals surface area (Å²) in [5, 5.41) is 3.61. The van der Waals surface area contributed by atoms with E-state index in [1.54, 1.807) is 0 Å². The summed E-state index contributed by atoms with van der Waals surface area (Å²) in [5.74, 6) is 0.819. The molecule has 21 heavy (non-hydrogen) atoms. The molecular formula is C19H30N2. The Hall–Kier alpha value is -1.02. The quantitative estimate of drug-likeness (QED) is 0.870. The first-order valence-corrected chi connectivity index (χ1v) is 8.71. The van der Waals surface area contributed by atoms with Crippen molar-refractivity contribution in [3.05, 3.63) is 29.3 Å². The fourth-order valence-corrected chi connectivity index (χ4v) is 3.82. The van der Waals surface area contributed by atoms with Crippen LogP contribution in [0.5, 0.6) is 0 Å². The Morgan fingerprint density at radius 3 is 2.57 bits per heavy atom. The molecule has 2 heteroatoms. The van der Waals surface area contributed by atoms with Crippen molar-refractivity contribution >= 4 is 5.69 Å². The first-order chi connectivity index (χ1) is 10.1. The monoisotopic (exact) mass is 286 g/mol. The second-order valence-electron chi connectivity index (χ2n) is 7.22. The van der Waals surface area contributed by atoms with Gasteiger partial charge >= 0.3 is 0 Å². The van der Waals surface area contributed by atoms with Crippen molar-refractivity contribution in [1.82, 2.24) is 5.32 Å². The standard InChI is InChI=1S/C19H30N2/c1-14-6-4-5-7-18(14)21(3)19-11-8-16(12-15(19)2)13-20-17-9-10-17/h8,11-12,14,17-18,20H,4-7,9-10,13H2,1-3H3. The minimum absolute atomic E-state index is 0.716. The molecule has 0 radical (unpaired) electrons. The Morgan fingerprint density at radius 1 is 1.14 bits per heavy atom. The van der Waals surface area contributed by atoms with Gasteiger partial charge in [-0.05, 0) is 55.7 Å². The van der Waals surface area contributed by atoms with E-state index in [-0.39, 0.29) is 0 Å². The van der Waals surface area contributed by atoms with E-state index in [1.165, 1.54) is 55.3 Å². The summed E-state index contributed by atoms with van der Waals surface area (Å²) in [5.41, 5.74) is 4.27. The van der Waals surface area contributed by atoms with Crippen LogP contribution in [0.15, 0.2) is 18.2 Å². The molecule has 2 saturated carbocycles. The fraction of sp³-hybridized carbons (Fsp3) is 0.684. The zero-order valence-electron chi connectivity index (χ0n) is 13.9. The Bertz CT molecular complexity index is 478. The van der Waals surface area contributed by atoms with Crippen LogP contribution < -0.4 is 10.2 Å². The number of rotatable bonds is 5. The normalized spacial score (nSPS) is 25.9. The molecular weight excluding hydrogens is 256 g/mol. The molecule has 0 amide bonds.